The summed E-state index contributed by atoms with van der Waals surface area (Å²) in [7, 11) is 1.51. The van der Waals surface area contributed by atoms with Gasteiger partial charge in [0, 0.05) is 17.7 Å². The SMILES string of the molecule is COc1ccccc1OCC(=O)N/N=C/c1ccc(-c2cccc([N+](=O)[O-])c2)o1. The lowest BCUT2D eigenvalue weighted by Gasteiger charge is -2.08. The maximum Gasteiger partial charge on any atom is 0.277 e. The predicted octanol–water partition coefficient (Wildman–Crippen LogP) is 3.39. The van der Waals surface area contributed by atoms with Gasteiger partial charge in [-0.3, -0.25) is 14.9 Å². The number of methoxy groups -OCH3 is 1. The number of amides is 1. The van der Waals surface area contributed by atoms with E-state index in [4.69, 9.17) is 13.9 Å². The van der Waals surface area contributed by atoms with Crippen molar-refractivity contribution in [1.82, 2.24) is 5.43 Å². The van der Waals surface area contributed by atoms with Gasteiger partial charge in [-0.1, -0.05) is 24.3 Å². The monoisotopic (exact) mass is 395 g/mol. The summed E-state index contributed by atoms with van der Waals surface area (Å²) >= 11 is 0. The molecule has 0 atom stereocenters. The summed E-state index contributed by atoms with van der Waals surface area (Å²) in [5.74, 6) is 1.32. The predicted molar refractivity (Wildman–Crippen MR) is 105 cm³/mol. The van der Waals surface area contributed by atoms with Gasteiger partial charge in [0.15, 0.2) is 18.1 Å². The number of nitro groups is 1. The first-order chi connectivity index (χ1) is 14.1. The molecule has 1 aromatic heterocycles. The minimum absolute atomic E-state index is 0.0311. The smallest absolute Gasteiger partial charge is 0.277 e. The number of nitrogens with zero attached hydrogens (tertiary/aromatic N) is 2. The molecule has 1 N–H and O–H groups in total. The molecule has 0 spiro atoms. The van der Waals surface area contributed by atoms with Gasteiger partial charge >= 0.3 is 0 Å². The van der Waals surface area contributed by atoms with E-state index in [1.54, 1.807) is 48.5 Å². The van der Waals surface area contributed by atoms with Crippen molar-refractivity contribution >= 4 is 17.8 Å². The molecule has 29 heavy (non-hydrogen) atoms. The van der Waals surface area contributed by atoms with E-state index >= 15 is 0 Å². The minimum Gasteiger partial charge on any atom is -0.493 e. The van der Waals surface area contributed by atoms with Gasteiger partial charge in [0.2, 0.25) is 0 Å². The zero-order valence-electron chi connectivity index (χ0n) is 15.4. The summed E-state index contributed by atoms with van der Waals surface area (Å²) in [5.41, 5.74) is 2.86. The highest BCUT2D eigenvalue weighted by molar-refractivity contribution is 5.81. The molecule has 148 valence electrons. The number of hydrogen-bond donors (Lipinski definition) is 1. The average Bonchev–Trinajstić information content (AvgIpc) is 3.21. The number of carbonyl (C=O) groups excluding carboxylic acids is 1. The maximum atomic E-state index is 11.8. The van der Waals surface area contributed by atoms with Crippen LogP contribution in [0, 0.1) is 10.1 Å². The fourth-order valence-electron chi connectivity index (χ4n) is 2.43. The van der Waals surface area contributed by atoms with E-state index in [-0.39, 0.29) is 12.3 Å². The summed E-state index contributed by atoms with van der Waals surface area (Å²) in [4.78, 5) is 22.2. The minimum atomic E-state index is -0.475. The summed E-state index contributed by atoms with van der Waals surface area (Å²) in [6.07, 6.45) is 1.32. The van der Waals surface area contributed by atoms with Crippen molar-refractivity contribution in [3.8, 4) is 22.8 Å². The van der Waals surface area contributed by atoms with Gasteiger partial charge in [-0.25, -0.2) is 5.43 Å². The molecule has 0 aliphatic rings. The zero-order chi connectivity index (χ0) is 20.6. The number of furan rings is 1. The van der Waals surface area contributed by atoms with Crippen LogP contribution in [0.2, 0.25) is 0 Å². The van der Waals surface area contributed by atoms with E-state index in [2.05, 4.69) is 10.5 Å². The maximum absolute atomic E-state index is 11.8. The number of nitrogens with one attached hydrogen (secondary N) is 1. The molecule has 0 aliphatic heterocycles. The van der Waals surface area contributed by atoms with Gasteiger partial charge in [0.1, 0.15) is 11.5 Å². The van der Waals surface area contributed by atoms with Crippen molar-refractivity contribution in [2.45, 2.75) is 0 Å². The van der Waals surface area contributed by atoms with E-state index < -0.39 is 10.8 Å². The molecular weight excluding hydrogens is 378 g/mol. The van der Waals surface area contributed by atoms with E-state index in [1.807, 2.05) is 0 Å². The molecule has 2 aromatic carbocycles. The number of carbonyl (C=O) groups is 1. The molecule has 9 heteroatoms. The van der Waals surface area contributed by atoms with Crippen molar-refractivity contribution < 1.29 is 23.6 Å². The van der Waals surface area contributed by atoms with Crippen LogP contribution in [0.25, 0.3) is 11.3 Å². The van der Waals surface area contributed by atoms with Crippen LogP contribution in [0.15, 0.2) is 70.2 Å². The first-order valence-corrected chi connectivity index (χ1v) is 8.49. The largest absolute Gasteiger partial charge is 0.493 e. The Morgan fingerprint density at radius 3 is 2.72 bits per heavy atom. The van der Waals surface area contributed by atoms with Gasteiger partial charge < -0.3 is 13.9 Å². The number of nitro benzene ring substituents is 1. The third kappa shape index (κ3) is 5.19. The quantitative estimate of drug-likeness (QED) is 0.355. The lowest BCUT2D eigenvalue weighted by atomic mass is 10.1. The second-order valence-electron chi connectivity index (χ2n) is 5.74. The van der Waals surface area contributed by atoms with Crippen molar-refractivity contribution in [1.29, 1.82) is 0 Å². The van der Waals surface area contributed by atoms with E-state index in [1.165, 1.54) is 25.5 Å². The van der Waals surface area contributed by atoms with Gasteiger partial charge in [-0.2, -0.15) is 5.10 Å². The van der Waals surface area contributed by atoms with E-state index in [9.17, 15) is 14.9 Å². The number of ether oxygens (including phenoxy) is 2. The zero-order valence-corrected chi connectivity index (χ0v) is 15.4. The molecule has 0 bridgehead atoms. The molecule has 0 saturated carbocycles. The number of para-hydroxylation sites is 2. The number of hydrazone groups is 1. The summed E-state index contributed by atoms with van der Waals surface area (Å²) in [6, 6.07) is 16.4. The normalized spacial score (nSPS) is 10.7. The second kappa shape index (κ2) is 9.18. The molecule has 0 unspecified atom stereocenters. The van der Waals surface area contributed by atoms with Crippen LogP contribution in [-0.4, -0.2) is 30.8 Å². The molecule has 3 aromatic rings. The van der Waals surface area contributed by atoms with Gasteiger partial charge in [-0.05, 0) is 24.3 Å². The fraction of sp³-hybridized carbons (Fsp3) is 0.100. The van der Waals surface area contributed by atoms with E-state index in [0.717, 1.165) is 0 Å². The molecule has 9 nitrogen and oxygen atoms in total. The van der Waals surface area contributed by atoms with Crippen LogP contribution in [0.4, 0.5) is 5.69 Å². The Kier molecular flexibility index (Phi) is 6.21. The topological polar surface area (TPSA) is 116 Å². The van der Waals surface area contributed by atoms with Crippen molar-refractivity contribution in [2.75, 3.05) is 13.7 Å². The Bertz CT molecular complexity index is 1040. The van der Waals surface area contributed by atoms with Gasteiger partial charge in [-0.15, -0.1) is 0 Å². The molecule has 1 heterocycles. The number of rotatable bonds is 8. The molecular formula is C20H17N3O6. The van der Waals surface area contributed by atoms with Crippen LogP contribution < -0.4 is 14.9 Å². The Hall–Kier alpha value is -4.14. The second-order valence-corrected chi connectivity index (χ2v) is 5.74. The summed E-state index contributed by atoms with van der Waals surface area (Å²) in [6.45, 7) is -0.241. The van der Waals surface area contributed by atoms with Crippen molar-refractivity contribution in [2.24, 2.45) is 5.10 Å². The van der Waals surface area contributed by atoms with E-state index in [0.29, 0.717) is 28.6 Å². The summed E-state index contributed by atoms with van der Waals surface area (Å²) in [5, 5.41) is 14.7. The number of hydrogen-bond acceptors (Lipinski definition) is 7. The molecule has 0 aliphatic carbocycles. The lowest BCUT2D eigenvalue weighted by Crippen LogP contribution is -2.24. The van der Waals surface area contributed by atoms with Crippen LogP contribution in [0.3, 0.4) is 0 Å². The highest BCUT2D eigenvalue weighted by Crippen LogP contribution is 2.26. The molecule has 0 radical (unpaired) electrons. The molecule has 3 rings (SSSR count). The lowest BCUT2D eigenvalue weighted by molar-refractivity contribution is -0.384. The number of benzene rings is 2. The van der Waals surface area contributed by atoms with Crippen molar-refractivity contribution in [3.05, 3.63) is 76.5 Å². The Morgan fingerprint density at radius 1 is 1.17 bits per heavy atom. The summed E-state index contributed by atoms with van der Waals surface area (Å²) < 4.78 is 16.1. The van der Waals surface area contributed by atoms with Crippen LogP contribution in [0.5, 0.6) is 11.5 Å². The number of non-ortho nitro benzene ring substituents is 1. The molecule has 1 amide bonds. The van der Waals surface area contributed by atoms with Crippen molar-refractivity contribution in [3.63, 3.8) is 0 Å². The Labute approximate surface area is 165 Å². The standard InChI is InChI=1S/C20H17N3O6/c1-27-18-7-2-3-8-19(18)28-13-20(24)22-21-12-16-9-10-17(29-16)14-5-4-6-15(11-14)23(25)26/h2-12H,13H2,1H3,(H,22,24)/b21-12+. The fourth-order valence-corrected chi connectivity index (χ4v) is 2.43. The Balaban J connectivity index is 1.55. The third-order valence-electron chi connectivity index (χ3n) is 3.78. The first-order valence-electron chi connectivity index (χ1n) is 8.49. The Morgan fingerprint density at radius 2 is 1.97 bits per heavy atom. The van der Waals surface area contributed by atoms with Gasteiger partial charge in [0.25, 0.3) is 11.6 Å². The highest BCUT2D eigenvalue weighted by atomic mass is 16.6. The first kappa shape index (κ1) is 19.6. The highest BCUT2D eigenvalue weighted by Gasteiger charge is 2.10. The van der Waals surface area contributed by atoms with Crippen LogP contribution >= 0.6 is 0 Å². The van der Waals surface area contributed by atoms with Gasteiger partial charge in [0.05, 0.1) is 18.2 Å². The third-order valence-corrected chi connectivity index (χ3v) is 3.78. The molecule has 0 saturated heterocycles. The molecule has 0 fully saturated rings. The average molecular weight is 395 g/mol. The van der Waals surface area contributed by atoms with Crippen LogP contribution in [0.1, 0.15) is 5.76 Å². The van der Waals surface area contributed by atoms with Crippen LogP contribution in [-0.2, 0) is 4.79 Å².